The number of hydrogen-bond acceptors (Lipinski definition) is 2. The van der Waals surface area contributed by atoms with Crippen molar-refractivity contribution in [2.75, 3.05) is 26.8 Å². The minimum atomic E-state index is 0. The smallest absolute Gasteiger partial charge is 0.191 e. The highest BCUT2D eigenvalue weighted by Crippen LogP contribution is 2.36. The Bertz CT molecular complexity index is 727. The number of guanidine groups is 1. The average molecular weight is 479 g/mol. The molecule has 0 spiro atoms. The van der Waals surface area contributed by atoms with Crippen LogP contribution in [0.4, 0.5) is 0 Å². The van der Waals surface area contributed by atoms with E-state index >= 15 is 0 Å². The van der Waals surface area contributed by atoms with Gasteiger partial charge in [-0.25, -0.2) is 0 Å². The van der Waals surface area contributed by atoms with Gasteiger partial charge in [-0.2, -0.15) is 0 Å². The number of nitrogens with zero attached hydrogens (tertiary/aromatic N) is 1. The first-order valence-electron chi connectivity index (χ1n) is 9.36. The van der Waals surface area contributed by atoms with Crippen LogP contribution >= 0.6 is 24.0 Å². The zero-order chi connectivity index (χ0) is 18.2. The molecule has 0 unspecified atom stereocenters. The second kappa shape index (κ2) is 10.7. The standard InChI is InChI=1S/C22H29N3O.HI/c1-18-8-6-7-11-20(18)22(12-14-26-15-13-22)17-25-21(23-2)24-16-19-9-4-3-5-10-19;/h3-11H,12-17H2,1-2H3,(H2,23,24,25);1H. The summed E-state index contributed by atoms with van der Waals surface area (Å²) in [6.07, 6.45) is 2.06. The summed E-state index contributed by atoms with van der Waals surface area (Å²) >= 11 is 0. The van der Waals surface area contributed by atoms with Crippen molar-refractivity contribution in [1.82, 2.24) is 10.6 Å². The van der Waals surface area contributed by atoms with Gasteiger partial charge in [-0.1, -0.05) is 54.6 Å². The van der Waals surface area contributed by atoms with Crippen molar-refractivity contribution in [1.29, 1.82) is 0 Å². The lowest BCUT2D eigenvalue weighted by Crippen LogP contribution is -2.48. The molecule has 2 aromatic carbocycles. The molecular weight excluding hydrogens is 449 g/mol. The Kier molecular flexibility index (Phi) is 8.57. The molecule has 2 N–H and O–H groups in total. The van der Waals surface area contributed by atoms with Crippen molar-refractivity contribution < 1.29 is 4.74 Å². The lowest BCUT2D eigenvalue weighted by molar-refractivity contribution is 0.0512. The van der Waals surface area contributed by atoms with Gasteiger partial charge >= 0.3 is 0 Å². The van der Waals surface area contributed by atoms with E-state index in [1.54, 1.807) is 0 Å². The molecule has 0 amide bonds. The highest BCUT2D eigenvalue weighted by Gasteiger charge is 2.35. The molecule has 1 aliphatic rings. The summed E-state index contributed by atoms with van der Waals surface area (Å²) in [6, 6.07) is 19.1. The predicted molar refractivity (Wildman–Crippen MR) is 123 cm³/mol. The molecular formula is C22H30IN3O. The fourth-order valence-corrected chi connectivity index (χ4v) is 3.73. The molecule has 0 atom stereocenters. The molecule has 3 rings (SSSR count). The Morgan fingerprint density at radius 3 is 2.33 bits per heavy atom. The topological polar surface area (TPSA) is 45.7 Å². The summed E-state index contributed by atoms with van der Waals surface area (Å²) in [5, 5.41) is 6.98. The third kappa shape index (κ3) is 5.69. The second-order valence-corrected chi connectivity index (χ2v) is 6.97. The molecule has 1 heterocycles. The zero-order valence-corrected chi connectivity index (χ0v) is 18.5. The minimum absolute atomic E-state index is 0. The Balaban J connectivity index is 0.00000261. The summed E-state index contributed by atoms with van der Waals surface area (Å²) < 4.78 is 5.65. The largest absolute Gasteiger partial charge is 0.381 e. The molecule has 0 saturated carbocycles. The highest BCUT2D eigenvalue weighted by atomic mass is 127. The monoisotopic (exact) mass is 479 g/mol. The molecule has 0 aromatic heterocycles. The van der Waals surface area contributed by atoms with Crippen LogP contribution in [-0.4, -0.2) is 32.8 Å². The van der Waals surface area contributed by atoms with E-state index in [9.17, 15) is 0 Å². The number of aliphatic imine (C=N–C) groups is 1. The van der Waals surface area contributed by atoms with E-state index in [2.05, 4.69) is 71.1 Å². The molecule has 1 aliphatic heterocycles. The van der Waals surface area contributed by atoms with Crippen molar-refractivity contribution in [3.63, 3.8) is 0 Å². The molecule has 1 fully saturated rings. The predicted octanol–water partition coefficient (Wildman–Crippen LogP) is 4.03. The van der Waals surface area contributed by atoms with E-state index in [1.165, 1.54) is 16.7 Å². The van der Waals surface area contributed by atoms with Gasteiger partial charge < -0.3 is 15.4 Å². The van der Waals surface area contributed by atoms with Crippen molar-refractivity contribution in [3.05, 3.63) is 71.3 Å². The van der Waals surface area contributed by atoms with Crippen molar-refractivity contribution >= 4 is 29.9 Å². The van der Waals surface area contributed by atoms with Crippen molar-refractivity contribution in [2.45, 2.75) is 31.7 Å². The summed E-state index contributed by atoms with van der Waals surface area (Å²) in [4.78, 5) is 4.40. The molecule has 0 radical (unpaired) electrons. The van der Waals surface area contributed by atoms with E-state index in [-0.39, 0.29) is 29.4 Å². The molecule has 2 aromatic rings. The van der Waals surface area contributed by atoms with Gasteiger partial charge in [0.2, 0.25) is 0 Å². The number of ether oxygens (including phenoxy) is 1. The SMILES string of the molecule is CN=C(NCc1ccccc1)NCC1(c2ccccc2C)CCOCC1.I. The van der Waals surface area contributed by atoms with Crippen LogP contribution in [0.3, 0.4) is 0 Å². The number of nitrogens with one attached hydrogen (secondary N) is 2. The highest BCUT2D eigenvalue weighted by molar-refractivity contribution is 14.0. The normalized spacial score (nSPS) is 16.3. The first-order chi connectivity index (χ1) is 12.7. The van der Waals surface area contributed by atoms with Crippen LogP contribution in [0.5, 0.6) is 0 Å². The van der Waals surface area contributed by atoms with Gasteiger partial charge in [-0.05, 0) is 36.5 Å². The quantitative estimate of drug-likeness (QED) is 0.387. The van der Waals surface area contributed by atoms with Gasteiger partial charge in [-0.3, -0.25) is 4.99 Å². The number of rotatable bonds is 5. The zero-order valence-electron chi connectivity index (χ0n) is 16.2. The van der Waals surface area contributed by atoms with Gasteiger partial charge in [0.25, 0.3) is 0 Å². The number of halogens is 1. The van der Waals surface area contributed by atoms with Crippen molar-refractivity contribution in [3.8, 4) is 0 Å². The van der Waals surface area contributed by atoms with Gasteiger partial charge in [0.1, 0.15) is 0 Å². The molecule has 5 heteroatoms. The summed E-state index contributed by atoms with van der Waals surface area (Å²) in [7, 11) is 1.82. The Hall–Kier alpha value is -1.60. The fraction of sp³-hybridized carbons (Fsp3) is 0.409. The summed E-state index contributed by atoms with van der Waals surface area (Å²) in [5.74, 6) is 0.841. The number of hydrogen-bond donors (Lipinski definition) is 2. The van der Waals surface area contributed by atoms with Crippen LogP contribution in [0, 0.1) is 6.92 Å². The van der Waals surface area contributed by atoms with Gasteiger partial charge in [-0.15, -0.1) is 24.0 Å². The van der Waals surface area contributed by atoms with E-state index in [0.29, 0.717) is 0 Å². The van der Waals surface area contributed by atoms with E-state index in [4.69, 9.17) is 4.74 Å². The lowest BCUT2D eigenvalue weighted by Gasteiger charge is -2.39. The Morgan fingerprint density at radius 2 is 1.67 bits per heavy atom. The molecule has 0 bridgehead atoms. The van der Waals surface area contributed by atoms with Crippen LogP contribution in [0.25, 0.3) is 0 Å². The maximum absolute atomic E-state index is 5.65. The molecule has 146 valence electrons. The summed E-state index contributed by atoms with van der Waals surface area (Å²) in [6.45, 7) is 5.45. The van der Waals surface area contributed by atoms with Crippen molar-refractivity contribution in [2.24, 2.45) is 4.99 Å². The van der Waals surface area contributed by atoms with E-state index < -0.39 is 0 Å². The van der Waals surface area contributed by atoms with Gasteiger partial charge in [0.15, 0.2) is 5.96 Å². The maximum atomic E-state index is 5.65. The number of benzene rings is 2. The minimum Gasteiger partial charge on any atom is -0.381 e. The molecule has 27 heavy (non-hydrogen) atoms. The van der Waals surface area contributed by atoms with Crippen LogP contribution in [0.1, 0.15) is 29.5 Å². The van der Waals surface area contributed by atoms with Gasteiger partial charge in [0, 0.05) is 38.8 Å². The third-order valence-corrected chi connectivity index (χ3v) is 5.29. The number of aryl methyl sites for hydroxylation is 1. The van der Waals surface area contributed by atoms with Crippen LogP contribution in [0.2, 0.25) is 0 Å². The second-order valence-electron chi connectivity index (χ2n) is 6.97. The van der Waals surface area contributed by atoms with Gasteiger partial charge in [0.05, 0.1) is 0 Å². The molecule has 1 saturated heterocycles. The lowest BCUT2D eigenvalue weighted by atomic mass is 9.72. The van der Waals surface area contributed by atoms with E-state index in [1.807, 2.05) is 13.1 Å². The first kappa shape index (κ1) is 21.7. The first-order valence-corrected chi connectivity index (χ1v) is 9.36. The fourth-order valence-electron chi connectivity index (χ4n) is 3.73. The third-order valence-electron chi connectivity index (χ3n) is 5.29. The Morgan fingerprint density at radius 1 is 1.00 bits per heavy atom. The maximum Gasteiger partial charge on any atom is 0.191 e. The summed E-state index contributed by atoms with van der Waals surface area (Å²) in [5.41, 5.74) is 4.11. The molecule has 0 aliphatic carbocycles. The Labute approximate surface area is 179 Å². The van der Waals surface area contributed by atoms with Crippen LogP contribution in [-0.2, 0) is 16.7 Å². The van der Waals surface area contributed by atoms with Crippen LogP contribution < -0.4 is 10.6 Å². The van der Waals surface area contributed by atoms with Crippen LogP contribution in [0.15, 0.2) is 59.6 Å². The average Bonchev–Trinajstić information content (AvgIpc) is 2.70. The van der Waals surface area contributed by atoms with E-state index in [0.717, 1.165) is 45.1 Å². The molecule has 4 nitrogen and oxygen atoms in total.